The lowest BCUT2D eigenvalue weighted by molar-refractivity contribution is 0.102. The van der Waals surface area contributed by atoms with Crippen molar-refractivity contribution in [2.45, 2.75) is 18.7 Å². The fourth-order valence-corrected chi connectivity index (χ4v) is 3.86. The van der Waals surface area contributed by atoms with Gasteiger partial charge in [0.15, 0.2) is 0 Å². The van der Waals surface area contributed by atoms with E-state index in [1.54, 1.807) is 25.1 Å². The molecule has 0 aromatic heterocycles. The third-order valence-corrected chi connectivity index (χ3v) is 5.78. The molecule has 2 N–H and O–H groups in total. The summed E-state index contributed by atoms with van der Waals surface area (Å²) in [4.78, 5) is 12.6. The minimum absolute atomic E-state index is 0.0888. The summed E-state index contributed by atoms with van der Waals surface area (Å²) in [6, 6.07) is 18.2. The molecule has 0 saturated carbocycles. The maximum absolute atomic E-state index is 12.6. The number of carbonyl (C=O) groups is 1. The fraction of sp³-hybridized carbons (Fsp3) is 0.0952. The molecule has 7 heteroatoms. The van der Waals surface area contributed by atoms with E-state index in [2.05, 4.69) is 10.0 Å². The Kier molecular flexibility index (Phi) is 5.72. The minimum Gasteiger partial charge on any atom is -0.322 e. The summed E-state index contributed by atoms with van der Waals surface area (Å²) in [6.45, 7) is 3.70. The van der Waals surface area contributed by atoms with Gasteiger partial charge in [-0.05, 0) is 73.5 Å². The van der Waals surface area contributed by atoms with Crippen LogP contribution in [-0.4, -0.2) is 14.3 Å². The summed E-state index contributed by atoms with van der Waals surface area (Å²) >= 11 is 5.82. The highest BCUT2D eigenvalue weighted by Gasteiger charge is 2.17. The lowest BCUT2D eigenvalue weighted by atomic mass is 10.1. The number of amides is 1. The van der Waals surface area contributed by atoms with E-state index in [4.69, 9.17) is 11.6 Å². The Morgan fingerprint density at radius 3 is 2.32 bits per heavy atom. The molecule has 5 nitrogen and oxygen atoms in total. The molecule has 0 aliphatic heterocycles. The second kappa shape index (κ2) is 8.04. The zero-order valence-corrected chi connectivity index (χ0v) is 16.9. The molecular weight excluding hydrogens is 396 g/mol. The van der Waals surface area contributed by atoms with E-state index in [0.29, 0.717) is 27.5 Å². The van der Waals surface area contributed by atoms with Gasteiger partial charge >= 0.3 is 0 Å². The summed E-state index contributed by atoms with van der Waals surface area (Å²) in [6.07, 6.45) is 0. The molecule has 0 radical (unpaired) electrons. The van der Waals surface area contributed by atoms with Crippen molar-refractivity contribution in [3.05, 3.63) is 88.4 Å². The monoisotopic (exact) mass is 414 g/mol. The highest BCUT2D eigenvalue weighted by molar-refractivity contribution is 7.92. The molecule has 0 aliphatic carbocycles. The maximum Gasteiger partial charge on any atom is 0.261 e. The van der Waals surface area contributed by atoms with Gasteiger partial charge < -0.3 is 5.32 Å². The Hall–Kier alpha value is -2.83. The minimum atomic E-state index is -3.80. The van der Waals surface area contributed by atoms with Crippen LogP contribution >= 0.6 is 11.6 Å². The molecule has 3 rings (SSSR count). The second-order valence-electron chi connectivity index (χ2n) is 6.41. The van der Waals surface area contributed by atoms with Crippen LogP contribution in [-0.2, 0) is 10.0 Å². The van der Waals surface area contributed by atoms with E-state index < -0.39 is 10.0 Å². The predicted octanol–water partition coefficient (Wildman–Crippen LogP) is 5.01. The molecule has 0 unspecified atom stereocenters. The third kappa shape index (κ3) is 4.71. The number of sulfonamides is 1. The molecular formula is C21H19ClN2O3S. The summed E-state index contributed by atoms with van der Waals surface area (Å²) in [7, 11) is -3.80. The maximum atomic E-state index is 12.6. The van der Waals surface area contributed by atoms with Crippen LogP contribution in [0.2, 0.25) is 5.02 Å². The highest BCUT2D eigenvalue weighted by atomic mass is 35.5. The third-order valence-electron chi connectivity index (χ3n) is 4.14. The topological polar surface area (TPSA) is 75.3 Å². The van der Waals surface area contributed by atoms with Crippen molar-refractivity contribution in [3.63, 3.8) is 0 Å². The molecule has 3 aromatic rings. The first-order valence-electron chi connectivity index (χ1n) is 8.52. The van der Waals surface area contributed by atoms with Gasteiger partial charge in [-0.15, -0.1) is 0 Å². The Morgan fingerprint density at radius 1 is 0.929 bits per heavy atom. The Balaban J connectivity index is 1.85. The fourth-order valence-electron chi connectivity index (χ4n) is 2.62. The predicted molar refractivity (Wildman–Crippen MR) is 113 cm³/mol. The second-order valence-corrected chi connectivity index (χ2v) is 8.53. The van der Waals surface area contributed by atoms with Gasteiger partial charge in [-0.25, -0.2) is 8.42 Å². The molecule has 0 saturated heterocycles. The molecule has 28 heavy (non-hydrogen) atoms. The van der Waals surface area contributed by atoms with Gasteiger partial charge in [-0.1, -0.05) is 29.8 Å². The van der Waals surface area contributed by atoms with Gasteiger partial charge in [0.25, 0.3) is 15.9 Å². The van der Waals surface area contributed by atoms with Crippen molar-refractivity contribution >= 4 is 38.9 Å². The van der Waals surface area contributed by atoms with Crippen molar-refractivity contribution in [2.24, 2.45) is 0 Å². The lowest BCUT2D eigenvalue weighted by Gasteiger charge is -2.13. The normalized spacial score (nSPS) is 11.1. The van der Waals surface area contributed by atoms with Crippen LogP contribution in [0, 0.1) is 13.8 Å². The van der Waals surface area contributed by atoms with Crippen LogP contribution in [0.25, 0.3) is 0 Å². The molecule has 3 aromatic carbocycles. The van der Waals surface area contributed by atoms with Crippen LogP contribution < -0.4 is 10.0 Å². The van der Waals surface area contributed by atoms with Gasteiger partial charge in [0.2, 0.25) is 0 Å². The zero-order chi connectivity index (χ0) is 20.3. The van der Waals surface area contributed by atoms with Gasteiger partial charge in [0.1, 0.15) is 0 Å². The summed E-state index contributed by atoms with van der Waals surface area (Å²) < 4.78 is 27.8. The van der Waals surface area contributed by atoms with E-state index >= 15 is 0 Å². The average molecular weight is 415 g/mol. The van der Waals surface area contributed by atoms with Crippen LogP contribution in [0.15, 0.2) is 71.6 Å². The summed E-state index contributed by atoms with van der Waals surface area (Å²) in [5.74, 6) is -0.322. The average Bonchev–Trinajstić information content (AvgIpc) is 2.63. The Morgan fingerprint density at radius 2 is 1.64 bits per heavy atom. The van der Waals surface area contributed by atoms with Gasteiger partial charge in [0.05, 0.1) is 10.6 Å². The first-order chi connectivity index (χ1) is 13.2. The van der Waals surface area contributed by atoms with E-state index in [1.807, 2.05) is 25.1 Å². The van der Waals surface area contributed by atoms with Crippen molar-refractivity contribution < 1.29 is 13.2 Å². The number of benzene rings is 3. The number of carbonyl (C=O) groups excluding carboxylic acids is 1. The van der Waals surface area contributed by atoms with E-state index in [-0.39, 0.29) is 10.8 Å². The zero-order valence-electron chi connectivity index (χ0n) is 15.4. The number of nitrogens with one attached hydrogen (secondary N) is 2. The van der Waals surface area contributed by atoms with Crippen LogP contribution in [0.5, 0.6) is 0 Å². The van der Waals surface area contributed by atoms with Gasteiger partial charge in [0, 0.05) is 16.3 Å². The first kappa shape index (κ1) is 19.9. The van der Waals surface area contributed by atoms with Crippen LogP contribution in [0.3, 0.4) is 0 Å². The number of rotatable bonds is 5. The van der Waals surface area contributed by atoms with Crippen molar-refractivity contribution in [3.8, 4) is 0 Å². The first-order valence-corrected chi connectivity index (χ1v) is 10.4. The Bertz CT molecular complexity index is 1130. The summed E-state index contributed by atoms with van der Waals surface area (Å²) in [5.41, 5.74) is 3.09. The van der Waals surface area contributed by atoms with Crippen molar-refractivity contribution in [1.82, 2.24) is 0 Å². The largest absolute Gasteiger partial charge is 0.322 e. The van der Waals surface area contributed by atoms with E-state index in [1.165, 1.54) is 30.3 Å². The lowest BCUT2D eigenvalue weighted by Crippen LogP contribution is -2.16. The molecule has 0 atom stereocenters. The number of hydrogen-bond acceptors (Lipinski definition) is 3. The van der Waals surface area contributed by atoms with Crippen LogP contribution in [0.1, 0.15) is 21.5 Å². The molecule has 144 valence electrons. The molecule has 0 aliphatic rings. The smallest absolute Gasteiger partial charge is 0.261 e. The number of halogens is 1. The SMILES string of the molecule is Cc1cccc(NC(=O)c2ccc(C)c(NS(=O)(=O)c3ccc(Cl)cc3)c2)c1. The quantitative estimate of drug-likeness (QED) is 0.616. The Labute approximate surface area is 169 Å². The highest BCUT2D eigenvalue weighted by Crippen LogP contribution is 2.23. The van der Waals surface area contributed by atoms with Crippen LogP contribution in [0.4, 0.5) is 11.4 Å². The number of hydrogen-bond donors (Lipinski definition) is 2. The number of anilines is 2. The molecule has 0 fully saturated rings. The molecule has 0 heterocycles. The van der Waals surface area contributed by atoms with Crippen molar-refractivity contribution in [1.29, 1.82) is 0 Å². The van der Waals surface area contributed by atoms with Gasteiger partial charge in [-0.2, -0.15) is 0 Å². The molecule has 0 bridgehead atoms. The van der Waals surface area contributed by atoms with E-state index in [0.717, 1.165) is 5.56 Å². The molecule has 0 spiro atoms. The number of aryl methyl sites for hydroxylation is 2. The van der Waals surface area contributed by atoms with Gasteiger partial charge in [-0.3, -0.25) is 9.52 Å². The standard InChI is InChI=1S/C21H19ClN2O3S/c1-14-4-3-5-18(12-14)23-21(25)16-7-6-15(2)20(13-16)24-28(26,27)19-10-8-17(22)9-11-19/h3-13,24H,1-2H3,(H,23,25). The van der Waals surface area contributed by atoms with Crippen molar-refractivity contribution in [2.75, 3.05) is 10.0 Å². The summed E-state index contributed by atoms with van der Waals surface area (Å²) in [5, 5.41) is 3.26. The molecule has 1 amide bonds. The van der Waals surface area contributed by atoms with E-state index in [9.17, 15) is 13.2 Å².